The molecule has 2 saturated heterocycles. The molecule has 1 N–H and O–H groups in total. The zero-order valence-corrected chi connectivity index (χ0v) is 18.2. The van der Waals surface area contributed by atoms with Crippen molar-refractivity contribution in [2.24, 2.45) is 0 Å². The van der Waals surface area contributed by atoms with Crippen LogP contribution in [-0.2, 0) is 14.3 Å². The van der Waals surface area contributed by atoms with Gasteiger partial charge in [-0.2, -0.15) is 0 Å². The molecular formula is C24H26FN3O5. The second-order valence-electron chi connectivity index (χ2n) is 7.92. The van der Waals surface area contributed by atoms with Crippen LogP contribution in [-0.4, -0.2) is 63.3 Å². The molecule has 1 unspecified atom stereocenters. The van der Waals surface area contributed by atoms with Crippen molar-refractivity contribution in [2.45, 2.75) is 18.9 Å². The van der Waals surface area contributed by atoms with E-state index in [1.54, 1.807) is 36.4 Å². The number of rotatable bonds is 8. The highest BCUT2D eigenvalue weighted by atomic mass is 19.1. The van der Waals surface area contributed by atoms with Crippen molar-refractivity contribution in [1.82, 2.24) is 5.32 Å². The van der Waals surface area contributed by atoms with E-state index in [1.165, 1.54) is 11.0 Å². The highest BCUT2D eigenvalue weighted by Gasteiger charge is 2.35. The molecular weight excluding hydrogens is 429 g/mol. The van der Waals surface area contributed by atoms with Crippen LogP contribution in [0.25, 0.3) is 0 Å². The molecule has 4 rings (SSSR count). The molecule has 9 heteroatoms. The minimum absolute atomic E-state index is 0.0448. The fraction of sp³-hybridized carbons (Fsp3) is 0.375. The van der Waals surface area contributed by atoms with E-state index in [0.717, 1.165) is 0 Å². The Morgan fingerprint density at radius 2 is 1.79 bits per heavy atom. The number of morpholine rings is 1. The van der Waals surface area contributed by atoms with Gasteiger partial charge >= 0.3 is 6.09 Å². The van der Waals surface area contributed by atoms with Gasteiger partial charge in [0.05, 0.1) is 37.7 Å². The van der Waals surface area contributed by atoms with Crippen molar-refractivity contribution in [3.63, 3.8) is 0 Å². The molecule has 2 aliphatic heterocycles. The van der Waals surface area contributed by atoms with Gasteiger partial charge in [0.2, 0.25) is 5.91 Å². The molecule has 2 aromatic rings. The molecule has 1 atom stereocenters. The minimum Gasteiger partial charge on any atom is -0.442 e. The highest BCUT2D eigenvalue weighted by Crippen LogP contribution is 2.35. The van der Waals surface area contributed by atoms with E-state index in [4.69, 9.17) is 9.47 Å². The summed E-state index contributed by atoms with van der Waals surface area (Å²) in [5, 5.41) is 2.72. The van der Waals surface area contributed by atoms with Gasteiger partial charge in [-0.15, -0.1) is 0 Å². The molecule has 0 aromatic heterocycles. The van der Waals surface area contributed by atoms with Crippen LogP contribution in [0.3, 0.4) is 0 Å². The van der Waals surface area contributed by atoms with Crippen LogP contribution in [0.2, 0.25) is 0 Å². The van der Waals surface area contributed by atoms with E-state index in [9.17, 15) is 18.8 Å². The summed E-state index contributed by atoms with van der Waals surface area (Å²) in [7, 11) is 0. The number of nitrogens with one attached hydrogen (secondary N) is 1. The van der Waals surface area contributed by atoms with Gasteiger partial charge in [0, 0.05) is 31.5 Å². The number of cyclic esters (lactones) is 1. The molecule has 8 nitrogen and oxygen atoms in total. The first-order valence-electron chi connectivity index (χ1n) is 11.0. The first kappa shape index (κ1) is 22.7. The van der Waals surface area contributed by atoms with Crippen molar-refractivity contribution in [3.05, 3.63) is 59.9 Å². The van der Waals surface area contributed by atoms with Crippen molar-refractivity contribution in [1.29, 1.82) is 0 Å². The van der Waals surface area contributed by atoms with Crippen molar-refractivity contribution < 1.29 is 28.2 Å². The number of hydrogen-bond acceptors (Lipinski definition) is 6. The highest BCUT2D eigenvalue weighted by molar-refractivity contribution is 5.98. The zero-order valence-electron chi connectivity index (χ0n) is 18.2. The van der Waals surface area contributed by atoms with Gasteiger partial charge in [-0.1, -0.05) is 36.4 Å². The molecule has 0 aliphatic carbocycles. The minimum atomic E-state index is -0.589. The smallest absolute Gasteiger partial charge is 0.414 e. The standard InChI is InChI=1S/C24H26FN3O5/c25-19-7-4-8-20(23(19)27-11-13-32-14-12-27)28-16-18(33-24(28)31)15-26-22(30)10-9-21(29)17-5-2-1-3-6-17/h1-8,18H,9-16H2,(H,26,30). The molecule has 0 radical (unpaired) electrons. The summed E-state index contributed by atoms with van der Waals surface area (Å²) in [6, 6.07) is 13.4. The van der Waals surface area contributed by atoms with Crippen molar-refractivity contribution in [2.75, 3.05) is 49.2 Å². The number of halogens is 1. The molecule has 2 aliphatic rings. The number of nitrogens with zero attached hydrogens (tertiary/aromatic N) is 2. The maximum Gasteiger partial charge on any atom is 0.414 e. The topological polar surface area (TPSA) is 88.2 Å². The Bertz CT molecular complexity index is 1010. The van der Waals surface area contributed by atoms with E-state index in [1.807, 2.05) is 11.0 Å². The SMILES string of the molecule is O=C(CCC(=O)c1ccccc1)NCC1CN(c2cccc(F)c2N2CCOCC2)C(=O)O1. The summed E-state index contributed by atoms with van der Waals surface area (Å²) in [6.07, 6.45) is -1.03. The number of anilines is 2. The monoisotopic (exact) mass is 455 g/mol. The summed E-state index contributed by atoms with van der Waals surface area (Å²) in [5.41, 5.74) is 1.35. The van der Waals surface area contributed by atoms with Gasteiger partial charge < -0.3 is 19.7 Å². The van der Waals surface area contributed by atoms with E-state index >= 15 is 0 Å². The van der Waals surface area contributed by atoms with Gasteiger partial charge in [0.1, 0.15) is 11.9 Å². The molecule has 2 aromatic carbocycles. The number of ether oxygens (including phenoxy) is 2. The fourth-order valence-electron chi connectivity index (χ4n) is 3.96. The Kier molecular flexibility index (Phi) is 7.19. The van der Waals surface area contributed by atoms with Gasteiger partial charge in [0.15, 0.2) is 5.78 Å². The van der Waals surface area contributed by atoms with Gasteiger partial charge in [0.25, 0.3) is 0 Å². The van der Waals surface area contributed by atoms with Crippen LogP contribution in [0, 0.1) is 5.82 Å². The van der Waals surface area contributed by atoms with Gasteiger partial charge in [-0.05, 0) is 12.1 Å². The Balaban J connectivity index is 1.32. The molecule has 0 bridgehead atoms. The number of carbonyl (C=O) groups excluding carboxylic acids is 3. The molecule has 2 fully saturated rings. The summed E-state index contributed by atoms with van der Waals surface area (Å²) in [6.45, 7) is 2.32. The molecule has 174 valence electrons. The van der Waals surface area contributed by atoms with Gasteiger partial charge in [-0.25, -0.2) is 9.18 Å². The lowest BCUT2D eigenvalue weighted by atomic mass is 10.1. The lowest BCUT2D eigenvalue weighted by molar-refractivity contribution is -0.121. The predicted octanol–water partition coefficient (Wildman–Crippen LogP) is 2.77. The van der Waals surface area contributed by atoms with Crippen LogP contribution in [0.5, 0.6) is 0 Å². The third-order valence-electron chi connectivity index (χ3n) is 5.66. The number of amides is 2. The van der Waals surface area contributed by atoms with Crippen molar-refractivity contribution >= 4 is 29.2 Å². The summed E-state index contributed by atoms with van der Waals surface area (Å²) in [5.74, 6) is -0.818. The third kappa shape index (κ3) is 5.48. The lowest BCUT2D eigenvalue weighted by Gasteiger charge is -2.32. The van der Waals surface area contributed by atoms with Crippen LogP contribution in [0.15, 0.2) is 48.5 Å². The van der Waals surface area contributed by atoms with E-state index in [2.05, 4.69) is 5.32 Å². The summed E-state index contributed by atoms with van der Waals surface area (Å²) < 4.78 is 25.4. The largest absolute Gasteiger partial charge is 0.442 e. The normalized spacial score (nSPS) is 18.2. The molecule has 33 heavy (non-hydrogen) atoms. The Morgan fingerprint density at radius 3 is 2.55 bits per heavy atom. The Hall–Kier alpha value is -3.46. The maximum atomic E-state index is 14.7. The number of hydrogen-bond donors (Lipinski definition) is 1. The van der Waals surface area contributed by atoms with Crippen LogP contribution in [0.4, 0.5) is 20.6 Å². The molecule has 0 spiro atoms. The van der Waals surface area contributed by atoms with E-state index in [-0.39, 0.29) is 37.6 Å². The lowest BCUT2D eigenvalue weighted by Crippen LogP contribution is -2.39. The number of benzene rings is 2. The number of Topliss-reactive ketones (excluding diaryl/α,β-unsaturated/α-hetero) is 1. The van der Waals surface area contributed by atoms with E-state index in [0.29, 0.717) is 43.2 Å². The maximum absolute atomic E-state index is 14.7. The van der Waals surface area contributed by atoms with Crippen molar-refractivity contribution in [3.8, 4) is 0 Å². The summed E-state index contributed by atoms with van der Waals surface area (Å²) in [4.78, 5) is 40.1. The third-order valence-corrected chi connectivity index (χ3v) is 5.66. The Labute approximate surface area is 191 Å². The average molecular weight is 455 g/mol. The number of para-hydroxylation sites is 1. The Morgan fingerprint density at radius 1 is 1.03 bits per heavy atom. The second-order valence-corrected chi connectivity index (χ2v) is 7.92. The van der Waals surface area contributed by atoms with Gasteiger partial charge in [-0.3, -0.25) is 14.5 Å². The quantitative estimate of drug-likeness (QED) is 0.616. The molecule has 0 saturated carbocycles. The number of ketones is 1. The number of carbonyl (C=O) groups is 3. The first-order chi connectivity index (χ1) is 16.0. The molecule has 2 amide bonds. The summed E-state index contributed by atoms with van der Waals surface area (Å²) >= 11 is 0. The zero-order chi connectivity index (χ0) is 23.2. The van der Waals surface area contributed by atoms with Crippen LogP contribution in [0.1, 0.15) is 23.2 Å². The second kappa shape index (κ2) is 10.4. The predicted molar refractivity (Wildman–Crippen MR) is 120 cm³/mol. The first-order valence-corrected chi connectivity index (χ1v) is 11.0. The van der Waals surface area contributed by atoms with E-state index < -0.39 is 18.0 Å². The van der Waals surface area contributed by atoms with Crippen LogP contribution < -0.4 is 15.1 Å². The van der Waals surface area contributed by atoms with Crippen LogP contribution >= 0.6 is 0 Å². The fourth-order valence-corrected chi connectivity index (χ4v) is 3.96. The molecule has 2 heterocycles. The average Bonchev–Trinajstić information content (AvgIpc) is 3.22.